The van der Waals surface area contributed by atoms with Crippen LogP contribution < -0.4 is 0 Å². The number of fused-ring (bicyclic) bond motifs is 5. The van der Waals surface area contributed by atoms with E-state index in [0.717, 1.165) is 31.2 Å². The van der Waals surface area contributed by atoms with E-state index in [-0.39, 0.29) is 51.3 Å². The topological polar surface area (TPSA) is 110 Å². The number of aliphatic hydroxyl groups is 2. The summed E-state index contributed by atoms with van der Waals surface area (Å²) in [6, 6.07) is 6.75. The first-order chi connectivity index (χ1) is 18.8. The minimum Gasteiger partial charge on any atom is -0.469 e. The van der Waals surface area contributed by atoms with E-state index in [2.05, 4.69) is 20.8 Å². The van der Waals surface area contributed by atoms with Gasteiger partial charge in [0.2, 0.25) is 0 Å². The van der Waals surface area contributed by atoms with Crippen LogP contribution in [0.25, 0.3) is 0 Å². The van der Waals surface area contributed by atoms with Crippen LogP contribution in [0.2, 0.25) is 0 Å². The fraction of sp³-hybridized carbons (Fsp3) is 0.781. The quantitative estimate of drug-likeness (QED) is 0.337. The number of esters is 1. The number of benzene rings is 1. The van der Waals surface area contributed by atoms with Gasteiger partial charge in [-0.1, -0.05) is 38.5 Å². The molecule has 40 heavy (non-hydrogen) atoms. The van der Waals surface area contributed by atoms with Crippen molar-refractivity contribution in [3.05, 3.63) is 29.8 Å². The number of aryl methyl sites for hydroxylation is 1. The van der Waals surface area contributed by atoms with Gasteiger partial charge in [-0.15, -0.1) is 0 Å². The maximum atomic E-state index is 13.0. The highest BCUT2D eigenvalue weighted by molar-refractivity contribution is 7.86. The van der Waals surface area contributed by atoms with Gasteiger partial charge < -0.3 is 14.9 Å². The first-order valence-corrected chi connectivity index (χ1v) is 16.6. The largest absolute Gasteiger partial charge is 0.469 e. The van der Waals surface area contributed by atoms with Crippen LogP contribution in [0, 0.1) is 53.3 Å². The van der Waals surface area contributed by atoms with Crippen molar-refractivity contribution < 1.29 is 32.3 Å². The number of hydrogen-bond donors (Lipinski definition) is 2. The molecule has 4 aliphatic rings. The molecule has 0 saturated heterocycles. The summed E-state index contributed by atoms with van der Waals surface area (Å²) in [6.07, 6.45) is 5.18. The van der Waals surface area contributed by atoms with Crippen molar-refractivity contribution in [1.29, 1.82) is 0 Å². The molecule has 0 aromatic heterocycles. The molecule has 0 heterocycles. The number of aliphatic hydroxyl groups excluding tert-OH is 2. The van der Waals surface area contributed by atoms with Crippen LogP contribution in [-0.2, 0) is 23.8 Å². The normalized spacial score (nSPS) is 41.9. The number of methoxy groups -OCH3 is 1. The van der Waals surface area contributed by atoms with Crippen molar-refractivity contribution in [3.8, 4) is 0 Å². The Morgan fingerprint density at radius 3 is 2.42 bits per heavy atom. The summed E-state index contributed by atoms with van der Waals surface area (Å²) >= 11 is 0. The van der Waals surface area contributed by atoms with Gasteiger partial charge in [0.05, 0.1) is 30.3 Å². The summed E-state index contributed by atoms with van der Waals surface area (Å²) in [5.74, 6) is 1.08. The molecule has 5 rings (SSSR count). The van der Waals surface area contributed by atoms with E-state index in [1.54, 1.807) is 24.3 Å². The summed E-state index contributed by atoms with van der Waals surface area (Å²) in [7, 11) is -2.44. The van der Waals surface area contributed by atoms with E-state index in [9.17, 15) is 23.4 Å². The molecule has 4 aliphatic carbocycles. The van der Waals surface area contributed by atoms with E-state index in [1.807, 2.05) is 6.92 Å². The third-order valence-electron chi connectivity index (χ3n) is 12.1. The average molecular weight is 577 g/mol. The van der Waals surface area contributed by atoms with Gasteiger partial charge in [0.1, 0.15) is 0 Å². The SMILES string of the molecule is COC(=O)CC[C@@H](C)[C@H]1CCC2C3C(O)CC4C[C@H](OS(=O)(=O)c5ccc(C)cc5)CC[C@]4(C)C3C[C@H](O)[C@@]21C. The van der Waals surface area contributed by atoms with Crippen LogP contribution in [0.15, 0.2) is 29.2 Å². The molecule has 5 unspecified atom stereocenters. The molecular formula is C32H48O7S. The zero-order valence-corrected chi connectivity index (χ0v) is 25.5. The molecule has 4 fully saturated rings. The smallest absolute Gasteiger partial charge is 0.305 e. The Labute approximate surface area is 240 Å². The van der Waals surface area contributed by atoms with Crippen LogP contribution in [0.4, 0.5) is 0 Å². The molecule has 0 bridgehead atoms. The molecule has 0 aliphatic heterocycles. The fourth-order valence-corrected chi connectivity index (χ4v) is 10.9. The lowest BCUT2D eigenvalue weighted by atomic mass is 9.43. The van der Waals surface area contributed by atoms with Crippen LogP contribution in [-0.4, -0.2) is 50.0 Å². The lowest BCUT2D eigenvalue weighted by Gasteiger charge is -2.63. The van der Waals surface area contributed by atoms with Crippen molar-refractivity contribution >= 4 is 16.1 Å². The van der Waals surface area contributed by atoms with Crippen molar-refractivity contribution in [2.24, 2.45) is 46.3 Å². The Bertz CT molecular complexity index is 1180. The van der Waals surface area contributed by atoms with Crippen LogP contribution >= 0.6 is 0 Å². The first-order valence-electron chi connectivity index (χ1n) is 15.2. The highest BCUT2D eigenvalue weighted by atomic mass is 32.2. The zero-order chi connectivity index (χ0) is 29.0. The maximum absolute atomic E-state index is 13.0. The van der Waals surface area contributed by atoms with Crippen molar-refractivity contribution in [1.82, 2.24) is 0 Å². The van der Waals surface area contributed by atoms with E-state index in [1.165, 1.54) is 7.11 Å². The molecule has 224 valence electrons. The molecule has 1 aromatic rings. The molecular weight excluding hydrogens is 528 g/mol. The third-order valence-corrected chi connectivity index (χ3v) is 13.5. The van der Waals surface area contributed by atoms with Gasteiger partial charge in [0.25, 0.3) is 10.1 Å². The second kappa shape index (κ2) is 11.0. The first kappa shape index (κ1) is 30.0. The Balaban J connectivity index is 1.31. The van der Waals surface area contributed by atoms with E-state index >= 15 is 0 Å². The van der Waals surface area contributed by atoms with Gasteiger partial charge in [0.15, 0.2) is 0 Å². The average Bonchev–Trinajstić information content (AvgIpc) is 3.27. The molecule has 7 nitrogen and oxygen atoms in total. The standard InChI is InChI=1S/C32H48O7S/c1-19-6-9-23(10-7-19)40(36,37)39-22-14-15-31(3)21(16-22)17-27(33)30-25-12-11-24(20(2)8-13-29(35)38-5)32(25,4)28(34)18-26(30)31/h6-7,9-10,20-22,24-28,30,33-34H,8,11-18H2,1-5H3/t20-,21?,22-,24-,25?,26?,27?,28+,30?,31+,32-/m1/s1. The van der Waals surface area contributed by atoms with E-state index < -0.39 is 28.4 Å². The third kappa shape index (κ3) is 5.05. The number of hydrogen-bond acceptors (Lipinski definition) is 7. The number of carbonyl (C=O) groups is 1. The summed E-state index contributed by atoms with van der Waals surface area (Å²) < 4.78 is 36.6. The van der Waals surface area contributed by atoms with Gasteiger partial charge in [-0.3, -0.25) is 8.98 Å². The Hall–Kier alpha value is -1.48. The highest BCUT2D eigenvalue weighted by Gasteiger charge is 2.65. The lowest BCUT2D eigenvalue weighted by Crippen LogP contribution is -2.62. The number of ether oxygens (including phenoxy) is 1. The molecule has 4 saturated carbocycles. The monoisotopic (exact) mass is 576 g/mol. The van der Waals surface area contributed by atoms with Gasteiger partial charge in [-0.25, -0.2) is 0 Å². The van der Waals surface area contributed by atoms with Crippen molar-refractivity contribution in [2.45, 2.75) is 109 Å². The highest BCUT2D eigenvalue weighted by Crippen LogP contribution is 2.68. The fourth-order valence-electron chi connectivity index (χ4n) is 9.79. The van der Waals surface area contributed by atoms with Gasteiger partial charge in [-0.05, 0) is 117 Å². The molecule has 1 aromatic carbocycles. The summed E-state index contributed by atoms with van der Waals surface area (Å²) in [6.45, 7) is 8.66. The number of rotatable bonds is 7. The van der Waals surface area contributed by atoms with Crippen molar-refractivity contribution in [2.75, 3.05) is 7.11 Å². The van der Waals surface area contributed by atoms with Crippen molar-refractivity contribution in [3.63, 3.8) is 0 Å². The summed E-state index contributed by atoms with van der Waals surface area (Å²) in [5, 5.41) is 23.4. The summed E-state index contributed by atoms with van der Waals surface area (Å²) in [4.78, 5) is 12.0. The van der Waals surface area contributed by atoms with Gasteiger partial charge >= 0.3 is 5.97 Å². The second-order valence-corrected chi connectivity index (χ2v) is 15.5. The van der Waals surface area contributed by atoms with Crippen LogP contribution in [0.3, 0.4) is 0 Å². The Morgan fingerprint density at radius 2 is 1.75 bits per heavy atom. The maximum Gasteiger partial charge on any atom is 0.305 e. The Morgan fingerprint density at radius 1 is 1.05 bits per heavy atom. The molecule has 8 heteroatoms. The van der Waals surface area contributed by atoms with Crippen LogP contribution in [0.5, 0.6) is 0 Å². The predicted molar refractivity (Wildman–Crippen MR) is 152 cm³/mol. The predicted octanol–water partition coefficient (Wildman–Crippen LogP) is 5.26. The van der Waals surface area contributed by atoms with Crippen LogP contribution in [0.1, 0.15) is 84.1 Å². The molecule has 2 N–H and O–H groups in total. The Kier molecular flexibility index (Phi) is 8.23. The second-order valence-electron chi connectivity index (χ2n) is 13.9. The van der Waals surface area contributed by atoms with Gasteiger partial charge in [0, 0.05) is 6.42 Å². The van der Waals surface area contributed by atoms with E-state index in [0.29, 0.717) is 38.0 Å². The molecule has 0 spiro atoms. The summed E-state index contributed by atoms with van der Waals surface area (Å²) in [5.41, 5.74) is 0.630. The zero-order valence-electron chi connectivity index (χ0n) is 24.7. The number of carbonyl (C=O) groups excluding carboxylic acids is 1. The van der Waals surface area contributed by atoms with E-state index in [4.69, 9.17) is 8.92 Å². The molecule has 0 amide bonds. The molecule has 11 atom stereocenters. The minimum atomic E-state index is -3.86. The van der Waals surface area contributed by atoms with Gasteiger partial charge in [-0.2, -0.15) is 8.42 Å². The lowest BCUT2D eigenvalue weighted by molar-refractivity contribution is -0.206. The molecule has 0 radical (unpaired) electrons. The minimum absolute atomic E-state index is 0.0751.